The largest absolute Gasteiger partial charge is 0.465 e. The summed E-state index contributed by atoms with van der Waals surface area (Å²) in [5, 5.41) is 0.203. The van der Waals surface area contributed by atoms with E-state index >= 15 is 0 Å². The van der Waals surface area contributed by atoms with Crippen LogP contribution >= 0.6 is 27.5 Å². The van der Waals surface area contributed by atoms with E-state index in [0.717, 1.165) is 7.11 Å². The van der Waals surface area contributed by atoms with Gasteiger partial charge in [0.25, 0.3) is 0 Å². The molecule has 1 aromatic carbocycles. The van der Waals surface area contributed by atoms with Gasteiger partial charge in [-0.3, -0.25) is 0 Å². The third-order valence-corrected chi connectivity index (χ3v) is 2.43. The number of hydrogen-bond acceptors (Lipinski definition) is 3. The summed E-state index contributed by atoms with van der Waals surface area (Å²) in [6, 6.07) is 2.53. The van der Waals surface area contributed by atoms with Crippen LogP contribution in [0.3, 0.4) is 0 Å². The van der Waals surface area contributed by atoms with Crippen molar-refractivity contribution in [1.29, 1.82) is 0 Å². The fourth-order valence-electron chi connectivity index (χ4n) is 1.03. The van der Waals surface area contributed by atoms with Crippen molar-refractivity contribution in [3.63, 3.8) is 0 Å². The van der Waals surface area contributed by atoms with Gasteiger partial charge in [-0.25, -0.2) is 4.79 Å². The summed E-state index contributed by atoms with van der Waals surface area (Å²) < 4.78 is 33.0. The molecule has 0 bridgehead atoms. The molecule has 0 unspecified atom stereocenters. The molecule has 0 fully saturated rings. The van der Waals surface area contributed by atoms with E-state index in [0.29, 0.717) is 0 Å². The maximum absolute atomic E-state index is 12.1. The van der Waals surface area contributed by atoms with Crippen molar-refractivity contribution in [3.05, 3.63) is 27.2 Å². The molecule has 3 nitrogen and oxygen atoms in total. The van der Waals surface area contributed by atoms with Gasteiger partial charge >= 0.3 is 12.6 Å². The van der Waals surface area contributed by atoms with Gasteiger partial charge in [-0.2, -0.15) is 8.78 Å². The van der Waals surface area contributed by atoms with Crippen molar-refractivity contribution < 1.29 is 23.0 Å². The van der Waals surface area contributed by atoms with E-state index in [2.05, 4.69) is 25.4 Å². The molecule has 0 saturated heterocycles. The lowest BCUT2D eigenvalue weighted by molar-refractivity contribution is -0.0509. The normalized spacial score (nSPS) is 10.4. The second-order valence-corrected chi connectivity index (χ2v) is 3.93. The first-order valence-electron chi connectivity index (χ1n) is 3.98. The quantitative estimate of drug-likeness (QED) is 0.801. The van der Waals surface area contributed by atoms with Crippen LogP contribution in [0.5, 0.6) is 5.75 Å². The molecular weight excluding hydrogens is 309 g/mol. The van der Waals surface area contributed by atoms with Crippen LogP contribution in [0.25, 0.3) is 0 Å². The smallest absolute Gasteiger partial charge is 0.387 e. The van der Waals surface area contributed by atoms with Crippen LogP contribution in [0.15, 0.2) is 16.6 Å². The zero-order valence-corrected chi connectivity index (χ0v) is 10.3. The predicted octanol–water partition coefficient (Wildman–Crippen LogP) is 3.49. The topological polar surface area (TPSA) is 35.5 Å². The summed E-state index contributed by atoms with van der Waals surface area (Å²) in [5.74, 6) is -1.11. The first-order chi connectivity index (χ1) is 7.45. The molecule has 0 spiro atoms. The van der Waals surface area contributed by atoms with Crippen LogP contribution in [0.4, 0.5) is 8.78 Å². The molecule has 0 N–H and O–H groups in total. The van der Waals surface area contributed by atoms with Crippen molar-refractivity contribution >= 4 is 33.5 Å². The van der Waals surface area contributed by atoms with Gasteiger partial charge in [0.1, 0.15) is 5.56 Å². The Bertz CT molecular complexity index is 412. The fourth-order valence-corrected chi connectivity index (χ4v) is 1.93. The average molecular weight is 315 g/mol. The lowest BCUT2D eigenvalue weighted by Gasteiger charge is -2.11. The molecular formula is C9H6BrClF2O3. The number of alkyl halides is 2. The van der Waals surface area contributed by atoms with Gasteiger partial charge in [0.05, 0.1) is 11.6 Å². The average Bonchev–Trinajstić information content (AvgIpc) is 2.20. The number of carbonyl (C=O) groups is 1. The van der Waals surface area contributed by atoms with Crippen molar-refractivity contribution in [1.82, 2.24) is 0 Å². The van der Waals surface area contributed by atoms with Gasteiger partial charge < -0.3 is 9.47 Å². The van der Waals surface area contributed by atoms with Gasteiger partial charge in [-0.1, -0.05) is 11.6 Å². The molecule has 0 aliphatic rings. The van der Waals surface area contributed by atoms with Crippen molar-refractivity contribution in [2.45, 2.75) is 6.61 Å². The van der Waals surface area contributed by atoms with Crippen LogP contribution in [0, 0.1) is 0 Å². The number of halogens is 4. The summed E-state index contributed by atoms with van der Waals surface area (Å²) in [7, 11) is 1.13. The molecule has 0 radical (unpaired) electrons. The Kier molecular flexibility index (Phi) is 4.49. The number of carbonyl (C=O) groups excluding carboxylic acids is 1. The summed E-state index contributed by atoms with van der Waals surface area (Å²) in [6.45, 7) is -3.04. The molecule has 1 aromatic rings. The first-order valence-corrected chi connectivity index (χ1v) is 5.15. The highest BCUT2D eigenvalue weighted by molar-refractivity contribution is 9.10. The van der Waals surface area contributed by atoms with E-state index < -0.39 is 12.6 Å². The van der Waals surface area contributed by atoms with Gasteiger partial charge in [0.2, 0.25) is 0 Å². The minimum Gasteiger partial charge on any atom is -0.465 e. The van der Waals surface area contributed by atoms with Gasteiger partial charge in [-0.15, -0.1) is 0 Å². The standard InChI is InChI=1S/C9H6BrClF2O3/c1-15-8(14)5-2-4(11)3-6(10)7(5)16-9(12)13/h2-3,9H,1H3. The van der Waals surface area contributed by atoms with Gasteiger partial charge in [-0.05, 0) is 28.1 Å². The zero-order valence-electron chi connectivity index (χ0n) is 7.97. The minimum absolute atomic E-state index is 0.153. The second-order valence-electron chi connectivity index (χ2n) is 2.63. The summed E-state index contributed by atoms with van der Waals surface area (Å²) >= 11 is 8.65. The van der Waals surface area contributed by atoms with E-state index in [1.54, 1.807) is 0 Å². The SMILES string of the molecule is COC(=O)c1cc(Cl)cc(Br)c1OC(F)F. The van der Waals surface area contributed by atoms with Crippen LogP contribution in [0.2, 0.25) is 5.02 Å². The third kappa shape index (κ3) is 3.05. The number of ether oxygens (including phenoxy) is 2. The second kappa shape index (κ2) is 5.45. The first kappa shape index (κ1) is 13.2. The van der Waals surface area contributed by atoms with Crippen molar-refractivity contribution in [2.24, 2.45) is 0 Å². The molecule has 0 amide bonds. The van der Waals surface area contributed by atoms with Crippen molar-refractivity contribution in [2.75, 3.05) is 7.11 Å². The summed E-state index contributed by atoms with van der Waals surface area (Å²) in [4.78, 5) is 11.3. The Balaban J connectivity index is 3.26. The van der Waals surface area contributed by atoms with Crippen LogP contribution in [-0.2, 0) is 4.74 Å². The van der Waals surface area contributed by atoms with Crippen molar-refractivity contribution in [3.8, 4) is 5.75 Å². The van der Waals surface area contributed by atoms with E-state index in [1.165, 1.54) is 12.1 Å². The van der Waals surface area contributed by atoms with Crippen LogP contribution in [0.1, 0.15) is 10.4 Å². The lowest BCUT2D eigenvalue weighted by atomic mass is 10.2. The van der Waals surface area contributed by atoms with E-state index in [4.69, 9.17) is 11.6 Å². The Morgan fingerprint density at radius 1 is 1.50 bits per heavy atom. The maximum atomic E-state index is 12.1. The number of hydrogen-bond donors (Lipinski definition) is 0. The summed E-state index contributed by atoms with van der Waals surface area (Å²) in [5.41, 5.74) is -0.165. The molecule has 1 rings (SSSR count). The molecule has 0 saturated carbocycles. The van der Waals surface area contributed by atoms with E-state index in [-0.39, 0.29) is 20.8 Å². The Hall–Kier alpha value is -0.880. The highest BCUT2D eigenvalue weighted by Gasteiger charge is 2.20. The zero-order chi connectivity index (χ0) is 12.3. The maximum Gasteiger partial charge on any atom is 0.387 e. The van der Waals surface area contributed by atoms with E-state index in [9.17, 15) is 13.6 Å². The van der Waals surface area contributed by atoms with Crippen LogP contribution in [-0.4, -0.2) is 19.7 Å². The summed E-state index contributed by atoms with van der Waals surface area (Å²) in [6.07, 6.45) is 0. The number of benzene rings is 1. The Morgan fingerprint density at radius 3 is 2.62 bits per heavy atom. The minimum atomic E-state index is -3.04. The van der Waals surface area contributed by atoms with Crippen LogP contribution < -0.4 is 4.74 Å². The van der Waals surface area contributed by atoms with Gasteiger partial charge in [0, 0.05) is 5.02 Å². The fraction of sp³-hybridized carbons (Fsp3) is 0.222. The molecule has 16 heavy (non-hydrogen) atoms. The third-order valence-electron chi connectivity index (χ3n) is 1.62. The number of methoxy groups -OCH3 is 1. The van der Waals surface area contributed by atoms with Gasteiger partial charge in [0.15, 0.2) is 5.75 Å². The number of rotatable bonds is 3. The molecule has 0 heterocycles. The molecule has 88 valence electrons. The Morgan fingerprint density at radius 2 is 2.12 bits per heavy atom. The lowest BCUT2D eigenvalue weighted by Crippen LogP contribution is -2.09. The Labute approximate surface area is 103 Å². The highest BCUT2D eigenvalue weighted by Crippen LogP contribution is 2.34. The molecule has 0 aliphatic carbocycles. The number of esters is 1. The monoisotopic (exact) mass is 314 g/mol. The molecule has 0 aliphatic heterocycles. The highest BCUT2D eigenvalue weighted by atomic mass is 79.9. The molecule has 7 heteroatoms. The molecule has 0 aromatic heterocycles. The predicted molar refractivity (Wildman–Crippen MR) is 57.1 cm³/mol. The molecule has 0 atom stereocenters. The van der Waals surface area contributed by atoms with E-state index in [1.807, 2.05) is 0 Å².